The average Bonchev–Trinajstić information content (AvgIpc) is 3.01. The first-order chi connectivity index (χ1) is 9.54. The molecule has 3 atom stereocenters. The van der Waals surface area contributed by atoms with Crippen molar-refractivity contribution in [2.24, 2.45) is 7.05 Å². The molecule has 0 N–H and O–H groups in total. The Morgan fingerprint density at radius 3 is 2.70 bits per heavy atom. The van der Waals surface area contributed by atoms with Gasteiger partial charge in [0.2, 0.25) is 0 Å². The minimum absolute atomic E-state index is 0.295. The minimum Gasteiger partial charge on any atom is -0.359 e. The van der Waals surface area contributed by atoms with Gasteiger partial charge in [0.05, 0.1) is 6.04 Å². The largest absolute Gasteiger partial charge is 0.359 e. The maximum Gasteiger partial charge on any atom is 0.0709 e. The molecule has 3 unspecified atom stereocenters. The number of anilines is 1. The minimum atomic E-state index is 0.295. The van der Waals surface area contributed by atoms with Gasteiger partial charge >= 0.3 is 0 Å². The zero-order chi connectivity index (χ0) is 14.1. The third-order valence-corrected chi connectivity index (χ3v) is 5.74. The zero-order valence-electron chi connectivity index (χ0n) is 12.7. The van der Waals surface area contributed by atoms with Crippen LogP contribution >= 0.6 is 0 Å². The van der Waals surface area contributed by atoms with Gasteiger partial charge in [-0.3, -0.25) is 0 Å². The van der Waals surface area contributed by atoms with Crippen molar-refractivity contribution in [1.29, 1.82) is 0 Å². The number of benzene rings is 1. The highest BCUT2D eigenvalue weighted by atomic mass is 15.3. The van der Waals surface area contributed by atoms with E-state index in [0.717, 1.165) is 0 Å². The summed E-state index contributed by atoms with van der Waals surface area (Å²) in [5.41, 5.74) is 6.17. The maximum absolute atomic E-state index is 2.65. The molecule has 2 aromatic rings. The van der Waals surface area contributed by atoms with E-state index in [-0.39, 0.29) is 0 Å². The molecule has 1 fully saturated rings. The number of aryl methyl sites for hydroxylation is 2. The standard InChI is InChI=1S/C18H22N2/c1-12-7-5-6-8-15(12)20-13(2)18(3)11-16(20)17-14(18)9-10-19(17)4/h5-10,13,16H,11H2,1-4H3. The van der Waals surface area contributed by atoms with Gasteiger partial charge < -0.3 is 9.47 Å². The Labute approximate surface area is 121 Å². The molecule has 4 rings (SSSR count). The molecule has 1 aliphatic heterocycles. The van der Waals surface area contributed by atoms with Crippen molar-refractivity contribution in [2.45, 2.75) is 44.7 Å². The fourth-order valence-electron chi connectivity index (χ4n) is 4.48. The number of para-hydroxylation sites is 1. The average molecular weight is 266 g/mol. The maximum atomic E-state index is 2.65. The fraction of sp³-hybridized carbons (Fsp3) is 0.444. The number of fused-ring (bicyclic) bond motifs is 5. The van der Waals surface area contributed by atoms with Gasteiger partial charge in [0.15, 0.2) is 0 Å². The van der Waals surface area contributed by atoms with Crippen LogP contribution in [0.5, 0.6) is 0 Å². The topological polar surface area (TPSA) is 8.17 Å². The molecule has 0 spiro atoms. The van der Waals surface area contributed by atoms with E-state index < -0.39 is 0 Å². The third-order valence-electron chi connectivity index (χ3n) is 5.74. The van der Waals surface area contributed by atoms with Gasteiger partial charge in [-0.1, -0.05) is 25.1 Å². The molecule has 0 saturated carbocycles. The Bertz CT molecular complexity index is 684. The first-order valence-electron chi connectivity index (χ1n) is 7.53. The first-order valence-corrected chi connectivity index (χ1v) is 7.53. The lowest BCUT2D eigenvalue weighted by atomic mass is 9.79. The van der Waals surface area contributed by atoms with Crippen LogP contribution in [0.2, 0.25) is 0 Å². The predicted molar refractivity (Wildman–Crippen MR) is 83.2 cm³/mol. The van der Waals surface area contributed by atoms with Crippen molar-refractivity contribution in [3.05, 3.63) is 53.3 Å². The molecular weight excluding hydrogens is 244 g/mol. The molecular formula is C18H22N2. The Morgan fingerprint density at radius 2 is 1.95 bits per heavy atom. The summed E-state index contributed by atoms with van der Waals surface area (Å²) in [6.07, 6.45) is 3.48. The van der Waals surface area contributed by atoms with E-state index in [4.69, 9.17) is 0 Å². The van der Waals surface area contributed by atoms with Crippen molar-refractivity contribution >= 4 is 5.69 Å². The molecule has 2 heterocycles. The molecule has 2 aliphatic rings. The van der Waals surface area contributed by atoms with Crippen LogP contribution < -0.4 is 4.90 Å². The monoisotopic (exact) mass is 266 g/mol. The molecule has 104 valence electrons. The van der Waals surface area contributed by atoms with Gasteiger partial charge in [-0.2, -0.15) is 0 Å². The SMILES string of the molecule is Cc1ccccc1N1C2CC(C)(c3ccn(C)c32)C1C. The quantitative estimate of drug-likeness (QED) is 0.759. The summed E-state index contributed by atoms with van der Waals surface area (Å²) in [4.78, 5) is 2.65. The molecule has 20 heavy (non-hydrogen) atoms. The lowest BCUT2D eigenvalue weighted by Crippen LogP contribution is -2.43. The van der Waals surface area contributed by atoms with Crippen LogP contribution in [0, 0.1) is 6.92 Å². The molecule has 1 aromatic carbocycles. The summed E-state index contributed by atoms with van der Waals surface area (Å²) in [6, 6.07) is 12.2. The number of hydrogen-bond donors (Lipinski definition) is 0. The van der Waals surface area contributed by atoms with E-state index in [9.17, 15) is 0 Å². The summed E-state index contributed by atoms with van der Waals surface area (Å²) < 4.78 is 2.32. The molecule has 1 aliphatic carbocycles. The van der Waals surface area contributed by atoms with E-state index in [1.165, 1.54) is 23.4 Å². The molecule has 2 bridgehead atoms. The van der Waals surface area contributed by atoms with Gasteiger partial charge in [0, 0.05) is 36.1 Å². The second kappa shape index (κ2) is 3.69. The van der Waals surface area contributed by atoms with E-state index in [2.05, 4.69) is 73.8 Å². The number of aromatic nitrogens is 1. The van der Waals surface area contributed by atoms with Crippen molar-refractivity contribution in [3.8, 4) is 0 Å². The highest BCUT2D eigenvalue weighted by Gasteiger charge is 2.56. The summed E-state index contributed by atoms with van der Waals surface area (Å²) in [7, 11) is 2.18. The van der Waals surface area contributed by atoms with Crippen LogP contribution in [0.4, 0.5) is 5.69 Å². The Hall–Kier alpha value is -1.70. The van der Waals surface area contributed by atoms with E-state index >= 15 is 0 Å². The molecule has 2 heteroatoms. The van der Waals surface area contributed by atoms with Crippen LogP contribution in [-0.2, 0) is 12.5 Å². The zero-order valence-corrected chi connectivity index (χ0v) is 12.7. The van der Waals surface area contributed by atoms with Gasteiger partial charge in [-0.25, -0.2) is 0 Å². The summed E-state index contributed by atoms with van der Waals surface area (Å²) in [6.45, 7) is 7.05. The first kappa shape index (κ1) is 12.1. The second-order valence-electron chi connectivity index (χ2n) is 6.73. The van der Waals surface area contributed by atoms with Gasteiger partial charge in [-0.05, 0) is 43.5 Å². The van der Waals surface area contributed by atoms with Gasteiger partial charge in [-0.15, -0.1) is 0 Å². The fourth-order valence-corrected chi connectivity index (χ4v) is 4.48. The predicted octanol–water partition coefficient (Wildman–Crippen LogP) is 3.94. The molecule has 0 amide bonds. The molecule has 1 aromatic heterocycles. The van der Waals surface area contributed by atoms with Gasteiger partial charge in [0.25, 0.3) is 0 Å². The molecule has 1 saturated heterocycles. The summed E-state index contributed by atoms with van der Waals surface area (Å²) >= 11 is 0. The molecule has 0 radical (unpaired) electrons. The molecule has 2 nitrogen and oxygen atoms in total. The van der Waals surface area contributed by atoms with Crippen LogP contribution in [0.25, 0.3) is 0 Å². The highest BCUT2D eigenvalue weighted by molar-refractivity contribution is 5.62. The van der Waals surface area contributed by atoms with Crippen molar-refractivity contribution in [3.63, 3.8) is 0 Å². The van der Waals surface area contributed by atoms with Crippen LogP contribution in [-0.4, -0.2) is 10.6 Å². The second-order valence-corrected chi connectivity index (χ2v) is 6.73. The highest BCUT2D eigenvalue weighted by Crippen LogP contribution is 2.59. The van der Waals surface area contributed by atoms with Crippen molar-refractivity contribution in [1.82, 2.24) is 4.57 Å². The lowest BCUT2D eigenvalue weighted by molar-refractivity contribution is 0.449. The van der Waals surface area contributed by atoms with Crippen molar-refractivity contribution < 1.29 is 0 Å². The Balaban J connectivity index is 1.90. The van der Waals surface area contributed by atoms with E-state index in [1.54, 1.807) is 5.56 Å². The van der Waals surface area contributed by atoms with E-state index in [1.807, 2.05) is 0 Å². The van der Waals surface area contributed by atoms with Crippen LogP contribution in [0.3, 0.4) is 0 Å². The van der Waals surface area contributed by atoms with E-state index in [0.29, 0.717) is 17.5 Å². The van der Waals surface area contributed by atoms with Crippen LogP contribution in [0.1, 0.15) is 43.1 Å². The van der Waals surface area contributed by atoms with Gasteiger partial charge in [0.1, 0.15) is 0 Å². The number of nitrogens with zero attached hydrogens (tertiary/aromatic N) is 2. The Kier molecular flexibility index (Phi) is 2.23. The summed E-state index contributed by atoms with van der Waals surface area (Å²) in [5.74, 6) is 0. The lowest BCUT2D eigenvalue weighted by Gasteiger charge is -2.40. The normalized spacial score (nSPS) is 30.9. The van der Waals surface area contributed by atoms with Crippen LogP contribution in [0.15, 0.2) is 36.5 Å². The Morgan fingerprint density at radius 1 is 1.20 bits per heavy atom. The number of rotatable bonds is 1. The summed E-state index contributed by atoms with van der Waals surface area (Å²) in [5, 5.41) is 0. The number of hydrogen-bond acceptors (Lipinski definition) is 1. The third kappa shape index (κ3) is 1.25. The van der Waals surface area contributed by atoms with Crippen molar-refractivity contribution in [2.75, 3.05) is 4.90 Å². The smallest absolute Gasteiger partial charge is 0.0709 e.